The standard InChI is InChI=1S/C26H24FN5O2/c1-4-24-28-14-12-22(31-24)20-9-6-13-29-25(20)34-23-11-10-21(16(2)17(23)3)32-26(33)30-19-8-5-7-18(27)15-19/h5-15H,4H2,1-3H3,(H2,30,32,33). The summed E-state index contributed by atoms with van der Waals surface area (Å²) in [5, 5.41) is 5.42. The molecule has 172 valence electrons. The van der Waals surface area contributed by atoms with E-state index in [2.05, 4.69) is 25.6 Å². The van der Waals surface area contributed by atoms with Gasteiger partial charge in [0.15, 0.2) is 0 Å². The first kappa shape index (κ1) is 22.8. The first-order valence-corrected chi connectivity index (χ1v) is 10.8. The highest BCUT2D eigenvalue weighted by atomic mass is 19.1. The van der Waals surface area contributed by atoms with Crippen LogP contribution in [0.3, 0.4) is 0 Å². The normalized spacial score (nSPS) is 10.6. The Kier molecular flexibility index (Phi) is 6.77. The molecule has 0 saturated carbocycles. The van der Waals surface area contributed by atoms with Crippen LogP contribution in [-0.4, -0.2) is 21.0 Å². The molecule has 0 atom stereocenters. The van der Waals surface area contributed by atoms with Crippen molar-refractivity contribution in [2.24, 2.45) is 0 Å². The SMILES string of the molecule is CCc1nccc(-c2cccnc2Oc2ccc(NC(=O)Nc3cccc(F)c3)c(C)c2C)n1. The summed E-state index contributed by atoms with van der Waals surface area (Å²) in [5.74, 6) is 1.35. The van der Waals surface area contributed by atoms with E-state index in [0.717, 1.165) is 34.6 Å². The van der Waals surface area contributed by atoms with Crippen molar-refractivity contribution in [2.45, 2.75) is 27.2 Å². The molecule has 0 aliphatic carbocycles. The number of hydrogen-bond acceptors (Lipinski definition) is 5. The molecule has 0 aliphatic heterocycles. The molecule has 4 aromatic rings. The van der Waals surface area contributed by atoms with Crippen molar-refractivity contribution < 1.29 is 13.9 Å². The molecule has 0 fully saturated rings. The molecule has 34 heavy (non-hydrogen) atoms. The summed E-state index contributed by atoms with van der Waals surface area (Å²) >= 11 is 0. The van der Waals surface area contributed by atoms with Crippen molar-refractivity contribution in [2.75, 3.05) is 10.6 Å². The monoisotopic (exact) mass is 457 g/mol. The number of urea groups is 1. The molecular weight excluding hydrogens is 433 g/mol. The van der Waals surface area contributed by atoms with Crippen LogP contribution < -0.4 is 15.4 Å². The number of carbonyl (C=O) groups is 1. The summed E-state index contributed by atoms with van der Waals surface area (Å²) in [4.78, 5) is 25.6. The number of pyridine rings is 1. The van der Waals surface area contributed by atoms with Gasteiger partial charge in [0.25, 0.3) is 0 Å². The molecule has 8 heteroatoms. The van der Waals surface area contributed by atoms with E-state index in [0.29, 0.717) is 23.0 Å². The van der Waals surface area contributed by atoms with Crippen molar-refractivity contribution in [1.82, 2.24) is 15.0 Å². The van der Waals surface area contributed by atoms with Crippen LogP contribution in [0.4, 0.5) is 20.6 Å². The van der Waals surface area contributed by atoms with Gasteiger partial charge in [-0.15, -0.1) is 0 Å². The van der Waals surface area contributed by atoms with E-state index >= 15 is 0 Å². The van der Waals surface area contributed by atoms with Gasteiger partial charge in [-0.1, -0.05) is 13.0 Å². The van der Waals surface area contributed by atoms with E-state index in [-0.39, 0.29) is 0 Å². The van der Waals surface area contributed by atoms with Crippen LogP contribution in [-0.2, 0) is 6.42 Å². The maximum Gasteiger partial charge on any atom is 0.323 e. The summed E-state index contributed by atoms with van der Waals surface area (Å²) in [6, 6.07) is 14.3. The second-order valence-corrected chi connectivity index (χ2v) is 7.62. The van der Waals surface area contributed by atoms with Gasteiger partial charge in [-0.2, -0.15) is 0 Å². The molecule has 0 bridgehead atoms. The number of ether oxygens (including phenoxy) is 1. The van der Waals surface area contributed by atoms with Crippen molar-refractivity contribution >= 4 is 17.4 Å². The van der Waals surface area contributed by atoms with Gasteiger partial charge in [0.1, 0.15) is 17.4 Å². The van der Waals surface area contributed by atoms with Crippen LogP contribution in [0.15, 0.2) is 67.0 Å². The molecule has 2 amide bonds. The number of rotatable bonds is 6. The Balaban J connectivity index is 1.55. The third-order valence-corrected chi connectivity index (χ3v) is 5.34. The lowest BCUT2D eigenvalue weighted by Gasteiger charge is -2.16. The maximum atomic E-state index is 13.4. The Hall–Kier alpha value is -4.33. The lowest BCUT2D eigenvalue weighted by molar-refractivity contribution is 0.262. The number of carbonyl (C=O) groups excluding carboxylic acids is 1. The highest BCUT2D eigenvalue weighted by Crippen LogP contribution is 2.34. The number of aryl methyl sites for hydroxylation is 1. The van der Waals surface area contributed by atoms with Crippen LogP contribution in [0.25, 0.3) is 11.3 Å². The number of nitrogens with zero attached hydrogens (tertiary/aromatic N) is 3. The molecule has 2 aromatic heterocycles. The molecule has 2 heterocycles. The van der Waals surface area contributed by atoms with E-state index in [1.54, 1.807) is 30.6 Å². The summed E-state index contributed by atoms with van der Waals surface area (Å²) in [6.07, 6.45) is 4.11. The highest BCUT2D eigenvalue weighted by molar-refractivity contribution is 6.00. The minimum absolute atomic E-state index is 0.366. The molecular formula is C26H24FN5O2. The third kappa shape index (κ3) is 5.17. The third-order valence-electron chi connectivity index (χ3n) is 5.34. The number of anilines is 2. The summed E-state index contributed by atoms with van der Waals surface area (Å²) < 4.78 is 19.5. The summed E-state index contributed by atoms with van der Waals surface area (Å²) in [5.41, 5.74) is 4.15. The predicted octanol–water partition coefficient (Wildman–Crippen LogP) is 6.29. The van der Waals surface area contributed by atoms with Crippen molar-refractivity contribution in [3.05, 3.63) is 89.8 Å². The summed E-state index contributed by atoms with van der Waals surface area (Å²) in [7, 11) is 0. The second-order valence-electron chi connectivity index (χ2n) is 7.62. The molecule has 0 saturated heterocycles. The van der Waals surface area contributed by atoms with E-state index in [1.165, 1.54) is 18.2 Å². The molecule has 0 spiro atoms. The first-order valence-electron chi connectivity index (χ1n) is 10.8. The first-order chi connectivity index (χ1) is 16.4. The quantitative estimate of drug-likeness (QED) is 0.355. The van der Waals surface area contributed by atoms with Crippen molar-refractivity contribution in [3.63, 3.8) is 0 Å². The van der Waals surface area contributed by atoms with Crippen LogP contribution >= 0.6 is 0 Å². The van der Waals surface area contributed by atoms with Gasteiger partial charge in [-0.3, -0.25) is 0 Å². The Morgan fingerprint density at radius 3 is 2.62 bits per heavy atom. The van der Waals surface area contributed by atoms with Gasteiger partial charge >= 0.3 is 6.03 Å². The Morgan fingerprint density at radius 2 is 1.82 bits per heavy atom. The number of halogens is 1. The van der Waals surface area contributed by atoms with Crippen molar-refractivity contribution in [1.29, 1.82) is 0 Å². The fourth-order valence-corrected chi connectivity index (χ4v) is 3.38. The molecule has 0 unspecified atom stereocenters. The van der Waals surface area contributed by atoms with E-state index in [4.69, 9.17) is 4.74 Å². The zero-order chi connectivity index (χ0) is 24.1. The fourth-order valence-electron chi connectivity index (χ4n) is 3.38. The molecule has 0 radical (unpaired) electrons. The largest absolute Gasteiger partial charge is 0.438 e. The molecule has 2 aromatic carbocycles. The Bertz CT molecular complexity index is 1340. The van der Waals surface area contributed by atoms with Gasteiger partial charge in [-0.05, 0) is 73.5 Å². The lowest BCUT2D eigenvalue weighted by atomic mass is 10.1. The summed E-state index contributed by atoms with van der Waals surface area (Å²) in [6.45, 7) is 5.79. The van der Waals surface area contributed by atoms with E-state index < -0.39 is 11.8 Å². The topological polar surface area (TPSA) is 89.0 Å². The number of nitrogens with one attached hydrogen (secondary N) is 2. The van der Waals surface area contributed by atoms with Crippen LogP contribution in [0, 0.1) is 19.7 Å². The highest BCUT2D eigenvalue weighted by Gasteiger charge is 2.15. The minimum Gasteiger partial charge on any atom is -0.438 e. The van der Waals surface area contributed by atoms with E-state index in [9.17, 15) is 9.18 Å². The lowest BCUT2D eigenvalue weighted by Crippen LogP contribution is -2.20. The number of amides is 2. The molecule has 0 aliphatic rings. The second kappa shape index (κ2) is 10.1. The number of benzene rings is 2. The zero-order valence-corrected chi connectivity index (χ0v) is 19.1. The van der Waals surface area contributed by atoms with Crippen LogP contribution in [0.1, 0.15) is 23.9 Å². The van der Waals surface area contributed by atoms with Crippen LogP contribution in [0.2, 0.25) is 0 Å². The smallest absolute Gasteiger partial charge is 0.323 e. The number of aromatic nitrogens is 3. The van der Waals surface area contributed by atoms with Gasteiger partial charge in [0.2, 0.25) is 5.88 Å². The van der Waals surface area contributed by atoms with E-state index in [1.807, 2.05) is 39.0 Å². The Morgan fingerprint density at radius 1 is 0.971 bits per heavy atom. The van der Waals surface area contributed by atoms with Gasteiger partial charge in [-0.25, -0.2) is 24.1 Å². The minimum atomic E-state index is -0.468. The number of hydrogen-bond donors (Lipinski definition) is 2. The van der Waals surface area contributed by atoms with Gasteiger partial charge in [0.05, 0.1) is 11.3 Å². The molecule has 2 N–H and O–H groups in total. The maximum absolute atomic E-state index is 13.4. The molecule has 7 nitrogen and oxygen atoms in total. The average Bonchev–Trinajstić information content (AvgIpc) is 2.84. The van der Waals surface area contributed by atoms with Gasteiger partial charge in [0, 0.05) is 30.2 Å². The fraction of sp³-hybridized carbons (Fsp3) is 0.154. The zero-order valence-electron chi connectivity index (χ0n) is 19.1. The van der Waals surface area contributed by atoms with Gasteiger partial charge < -0.3 is 15.4 Å². The predicted molar refractivity (Wildman–Crippen MR) is 130 cm³/mol. The Labute approximate surface area is 197 Å². The van der Waals surface area contributed by atoms with Crippen LogP contribution in [0.5, 0.6) is 11.6 Å². The molecule has 4 rings (SSSR count). The average molecular weight is 458 g/mol. The van der Waals surface area contributed by atoms with Crippen molar-refractivity contribution in [3.8, 4) is 22.9 Å².